The van der Waals surface area contributed by atoms with Gasteiger partial charge in [0.2, 0.25) is 0 Å². The van der Waals surface area contributed by atoms with Gasteiger partial charge in [0.1, 0.15) is 23.6 Å². The maximum Gasteiger partial charge on any atom is 0.255 e. The average molecular weight is 1620 g/mol. The number of hydrogen-bond acceptors (Lipinski definition) is 10. The number of halogens is 14. The second kappa shape index (κ2) is 40.9. The van der Waals surface area contributed by atoms with Gasteiger partial charge in [-0.05, 0) is 199 Å². The van der Waals surface area contributed by atoms with Crippen molar-refractivity contribution in [2.75, 3.05) is 28.4 Å². The van der Waals surface area contributed by atoms with E-state index in [1.165, 1.54) is 85.6 Å². The van der Waals surface area contributed by atoms with Gasteiger partial charge in [-0.2, -0.15) is 0 Å². The zero-order valence-electron chi connectivity index (χ0n) is 59.5. The van der Waals surface area contributed by atoms with Crippen molar-refractivity contribution in [1.29, 1.82) is 0 Å². The number of anilines is 4. The average Bonchev–Trinajstić information content (AvgIpc) is 1.75. The van der Waals surface area contributed by atoms with Crippen LogP contribution in [0, 0.1) is 81.6 Å². The van der Waals surface area contributed by atoms with Gasteiger partial charge >= 0.3 is 0 Å². The number of rotatable bonds is 17. The lowest BCUT2D eigenvalue weighted by Gasteiger charge is -2.26. The summed E-state index contributed by atoms with van der Waals surface area (Å²) < 4.78 is 179. The summed E-state index contributed by atoms with van der Waals surface area (Å²) >= 11 is 12.2. The Bertz CT molecular complexity index is 4310. The molecule has 8 aromatic carbocycles. The van der Waals surface area contributed by atoms with Gasteiger partial charge in [-0.3, -0.25) is 19.2 Å². The SMILES string of the molecule is CC1CCC(Sc2cc(C(=O)Nc3ccc(F)c(F)c3)ccc2Cl)CC1.COc1ccc(C(=O)Nc2ccc(F)c(F)c2)cc1SC1CCC(C)CC1.O=C(Nc1cc(F)c(F)c(F)c1)c1ccc(F)c(SC2CCCCC(F)C2)c1.O=C(Nc1cc(F)c(F)c(F)c1)c1ccc(F)c(SC2CCCC[C@H](O)C2)c1. The number of carbonyl (C=O) groups is 4. The fraction of sp³-hybridized carbons (Fsp3) is 0.358. The molecule has 3 unspecified atom stereocenters. The fourth-order valence-corrected chi connectivity index (χ4v) is 18.0. The highest BCUT2D eigenvalue weighted by Crippen LogP contribution is 2.43. The van der Waals surface area contributed by atoms with Crippen LogP contribution in [0.3, 0.4) is 0 Å². The third-order valence-corrected chi connectivity index (χ3v) is 24.5. The van der Waals surface area contributed by atoms with Crippen molar-refractivity contribution in [3.8, 4) is 5.75 Å². The number of methoxy groups -OCH3 is 1. The summed E-state index contributed by atoms with van der Waals surface area (Å²) in [6.07, 6.45) is 15.4. The van der Waals surface area contributed by atoms with Crippen LogP contribution in [0.2, 0.25) is 5.02 Å². The lowest BCUT2D eigenvalue weighted by Crippen LogP contribution is -2.15. The molecule has 0 bridgehead atoms. The maximum absolute atomic E-state index is 14.2. The molecule has 5 N–H and O–H groups in total. The smallest absolute Gasteiger partial charge is 0.255 e. The largest absolute Gasteiger partial charge is 0.496 e. The van der Waals surface area contributed by atoms with Crippen LogP contribution in [-0.2, 0) is 0 Å². The third kappa shape index (κ3) is 25.6. The zero-order chi connectivity index (χ0) is 78.6. The van der Waals surface area contributed by atoms with Crippen LogP contribution in [0.5, 0.6) is 5.75 Å². The highest BCUT2D eigenvalue weighted by Gasteiger charge is 2.28. The van der Waals surface area contributed by atoms with E-state index in [9.17, 15) is 81.4 Å². The maximum atomic E-state index is 14.2. The molecule has 4 aliphatic carbocycles. The molecular formula is C81H80ClF13N4O6S4. The first kappa shape index (κ1) is 85.2. The van der Waals surface area contributed by atoms with Crippen molar-refractivity contribution in [2.45, 2.75) is 182 Å². The molecule has 0 aromatic heterocycles. The first-order chi connectivity index (χ1) is 52.0. The Hall–Kier alpha value is -7.82. The third-order valence-electron chi connectivity index (χ3n) is 18.6. The van der Waals surface area contributed by atoms with Crippen LogP contribution in [0.25, 0.3) is 0 Å². The molecule has 0 radical (unpaired) electrons. The molecule has 4 saturated carbocycles. The Morgan fingerprint density at radius 2 is 0.706 bits per heavy atom. The highest BCUT2D eigenvalue weighted by molar-refractivity contribution is 8.00. The number of hydrogen-bond donors (Lipinski definition) is 5. The van der Waals surface area contributed by atoms with Crippen LogP contribution in [0.4, 0.5) is 79.8 Å². The van der Waals surface area contributed by atoms with Gasteiger partial charge < -0.3 is 31.1 Å². The standard InChI is InChI=1S/C21H23F2NO2S.C20H20ClF2NOS.C20H18F5NOS.C20H19F4NO2S/c1-13-3-7-16(8-4-13)27-20-11-14(5-10-19(20)26-2)21(25)24-15-6-9-17(22)18(23)12-15;1-12-2-6-15(7-3-12)26-19-10-13(4-8-16(19)21)20(25)24-14-5-9-17(22)18(23)11-14;21-12-3-1-2-4-14(8-12)28-18-7-11(5-6-15(18)22)20(27)26-13-9-16(23)19(25)17(24)10-13;21-15-6-5-11(7-18(15)28-14-4-2-1-3-13(26)10-14)20(27)25-12-8-16(22)19(24)17(23)9-12/h5-6,9-13,16H,3-4,7-8H2,1-2H3,(H,24,25);4-5,8-12,15H,2-3,6-7H2,1H3,(H,24,25);5-7,9-10,12,14H,1-4,8H2,(H,26,27);5-9,13-14,26H,1-4,10H2,(H,25,27)/t;;;13-,14?/m...0/s1. The van der Waals surface area contributed by atoms with E-state index >= 15 is 0 Å². The minimum Gasteiger partial charge on any atom is -0.496 e. The molecule has 4 amide bonds. The van der Waals surface area contributed by atoms with Crippen molar-refractivity contribution < 1.29 is 86.1 Å². The molecule has 109 heavy (non-hydrogen) atoms. The summed E-state index contributed by atoms with van der Waals surface area (Å²) in [5, 5.41) is 21.2. The Kier molecular flexibility index (Phi) is 32.0. The van der Waals surface area contributed by atoms with E-state index in [0.29, 0.717) is 70.2 Å². The first-order valence-corrected chi connectivity index (χ1v) is 39.4. The topological polar surface area (TPSA) is 146 Å². The predicted molar refractivity (Wildman–Crippen MR) is 405 cm³/mol. The monoisotopic (exact) mass is 1610 g/mol. The molecular weight excluding hydrogens is 1540 g/mol. The molecule has 582 valence electrons. The van der Waals surface area contributed by atoms with E-state index in [1.54, 1.807) is 67.0 Å². The van der Waals surface area contributed by atoms with Crippen molar-refractivity contribution in [1.82, 2.24) is 0 Å². The number of carbonyl (C=O) groups excluding carboxylic acids is 4. The zero-order valence-corrected chi connectivity index (χ0v) is 63.5. The van der Waals surface area contributed by atoms with Gasteiger partial charge in [0, 0.05) is 117 Å². The van der Waals surface area contributed by atoms with Gasteiger partial charge in [-0.25, -0.2) is 57.1 Å². The van der Waals surface area contributed by atoms with E-state index in [-0.39, 0.29) is 66.0 Å². The number of alkyl halides is 1. The number of aliphatic hydroxyl groups is 1. The second-order valence-corrected chi connectivity index (χ2v) is 32.9. The number of thioether (sulfide) groups is 4. The molecule has 4 fully saturated rings. The van der Waals surface area contributed by atoms with Gasteiger partial charge in [-0.1, -0.05) is 51.1 Å². The molecule has 12 rings (SSSR count). The van der Waals surface area contributed by atoms with E-state index in [2.05, 4.69) is 35.1 Å². The fourth-order valence-electron chi connectivity index (χ4n) is 12.5. The quantitative estimate of drug-likeness (QED) is 0.0339. The molecule has 4 aliphatic rings. The number of ether oxygens (including phenoxy) is 1. The summed E-state index contributed by atoms with van der Waals surface area (Å²) in [5.41, 5.74) is 0.973. The summed E-state index contributed by atoms with van der Waals surface area (Å²) in [4.78, 5) is 51.9. The molecule has 10 nitrogen and oxygen atoms in total. The summed E-state index contributed by atoms with van der Waals surface area (Å²) in [5.74, 6) is -13.7. The minimum atomic E-state index is -1.63. The Labute approximate surface area is 646 Å². The summed E-state index contributed by atoms with van der Waals surface area (Å²) in [6.45, 7) is 4.56. The van der Waals surface area contributed by atoms with Crippen LogP contribution in [0.1, 0.15) is 171 Å². The van der Waals surface area contributed by atoms with E-state index in [0.717, 1.165) is 134 Å². The van der Waals surface area contributed by atoms with Crippen LogP contribution in [-0.4, -0.2) is 69.1 Å². The Morgan fingerprint density at radius 1 is 0.367 bits per heavy atom. The Balaban J connectivity index is 0.000000168. The molecule has 8 aromatic rings. The lowest BCUT2D eigenvalue weighted by atomic mass is 9.91. The van der Waals surface area contributed by atoms with Gasteiger partial charge in [0.15, 0.2) is 58.2 Å². The minimum absolute atomic E-state index is 0.0330. The Morgan fingerprint density at radius 3 is 1.14 bits per heavy atom. The van der Waals surface area contributed by atoms with Crippen molar-refractivity contribution >= 4 is 105 Å². The van der Waals surface area contributed by atoms with E-state index in [4.69, 9.17) is 16.3 Å². The summed E-state index contributed by atoms with van der Waals surface area (Å²) in [7, 11) is 1.61. The first-order valence-electron chi connectivity index (χ1n) is 35.5. The number of nitrogens with one attached hydrogen (secondary N) is 4. The molecule has 0 aliphatic heterocycles. The van der Waals surface area contributed by atoms with Crippen LogP contribution in [0.15, 0.2) is 153 Å². The van der Waals surface area contributed by atoms with Crippen LogP contribution < -0.4 is 26.0 Å². The van der Waals surface area contributed by atoms with Gasteiger partial charge in [0.25, 0.3) is 23.6 Å². The van der Waals surface area contributed by atoms with Crippen molar-refractivity contribution in [3.05, 3.63) is 231 Å². The molecule has 28 heteroatoms. The van der Waals surface area contributed by atoms with Crippen molar-refractivity contribution in [3.63, 3.8) is 0 Å². The number of aliphatic hydroxyl groups excluding tert-OH is 1. The molecule has 4 atom stereocenters. The van der Waals surface area contributed by atoms with E-state index < -0.39 is 93.9 Å². The lowest BCUT2D eigenvalue weighted by molar-refractivity contribution is 0.101. The second-order valence-electron chi connectivity index (χ2n) is 27.2. The molecule has 0 spiro atoms. The predicted octanol–water partition coefficient (Wildman–Crippen LogP) is 24.0. The normalized spacial score (nSPS) is 19.8. The van der Waals surface area contributed by atoms with Crippen molar-refractivity contribution in [2.24, 2.45) is 11.8 Å². The number of amides is 4. The van der Waals surface area contributed by atoms with Crippen LogP contribution >= 0.6 is 58.6 Å². The van der Waals surface area contributed by atoms with E-state index in [1.807, 2.05) is 0 Å². The van der Waals surface area contributed by atoms with Gasteiger partial charge in [-0.15, -0.1) is 47.0 Å². The molecule has 0 heterocycles. The highest BCUT2D eigenvalue weighted by atomic mass is 35.5. The summed E-state index contributed by atoms with van der Waals surface area (Å²) in [6, 6.07) is 27.0. The number of benzene rings is 8. The molecule has 0 saturated heterocycles. The van der Waals surface area contributed by atoms with Gasteiger partial charge in [0.05, 0.1) is 23.1 Å².